The zero-order valence-corrected chi connectivity index (χ0v) is 14.3. The first kappa shape index (κ1) is 18.9. The van der Waals surface area contributed by atoms with Crippen molar-refractivity contribution in [1.29, 1.82) is 0 Å². The topological polar surface area (TPSA) is 39.2 Å². The van der Waals surface area contributed by atoms with Gasteiger partial charge in [0, 0.05) is 17.0 Å². The van der Waals surface area contributed by atoms with Crippen LogP contribution in [0.5, 0.6) is 0 Å². The minimum absolute atomic E-state index is 0.0718. The molecule has 0 aliphatic carbocycles. The Hall–Kier alpha value is -1.44. The summed E-state index contributed by atoms with van der Waals surface area (Å²) >= 11 is 12.2. The number of thioether (sulfide) groups is 1. The minimum atomic E-state index is -4.56. The molecule has 0 aliphatic rings. The lowest BCUT2D eigenvalue weighted by atomic mass is 10.2. The Morgan fingerprint density at radius 3 is 2.62 bits per heavy atom. The number of rotatable bonds is 5. The van der Waals surface area contributed by atoms with Crippen LogP contribution in [0.25, 0.3) is 0 Å². The van der Waals surface area contributed by atoms with Crippen LogP contribution in [0.3, 0.4) is 0 Å². The zero-order valence-electron chi connectivity index (χ0n) is 11.9. The van der Waals surface area contributed by atoms with Gasteiger partial charge in [-0.2, -0.15) is 13.2 Å². The van der Waals surface area contributed by atoms with Crippen molar-refractivity contribution in [2.45, 2.75) is 11.2 Å². The number of esters is 1. The first-order chi connectivity index (χ1) is 11.3. The van der Waals surface area contributed by atoms with Crippen molar-refractivity contribution >= 4 is 40.9 Å². The van der Waals surface area contributed by atoms with E-state index in [2.05, 4.69) is 4.98 Å². The quantitative estimate of drug-likeness (QED) is 0.388. The van der Waals surface area contributed by atoms with Crippen LogP contribution in [0, 0.1) is 0 Å². The van der Waals surface area contributed by atoms with Gasteiger partial charge in [0.1, 0.15) is 11.6 Å². The summed E-state index contributed by atoms with van der Waals surface area (Å²) in [7, 11) is 0. The third kappa shape index (κ3) is 5.29. The molecule has 0 radical (unpaired) electrons. The molecule has 0 atom stereocenters. The summed E-state index contributed by atoms with van der Waals surface area (Å²) < 4.78 is 43.7. The van der Waals surface area contributed by atoms with E-state index in [9.17, 15) is 18.0 Å². The smallest absolute Gasteiger partial charge is 0.419 e. The Balaban J connectivity index is 1.92. The van der Waals surface area contributed by atoms with Crippen molar-refractivity contribution in [3.05, 3.63) is 57.7 Å². The number of ether oxygens (including phenoxy) is 1. The number of nitrogens with zero attached hydrogens (tertiary/aromatic N) is 1. The Bertz CT molecular complexity index is 741. The number of benzene rings is 1. The van der Waals surface area contributed by atoms with Crippen LogP contribution in [0.1, 0.15) is 15.9 Å². The van der Waals surface area contributed by atoms with E-state index >= 15 is 0 Å². The highest BCUT2D eigenvalue weighted by molar-refractivity contribution is 7.99. The summed E-state index contributed by atoms with van der Waals surface area (Å²) in [4.78, 5) is 15.5. The number of carbonyl (C=O) groups is 1. The number of hydrogen-bond donors (Lipinski definition) is 0. The molecule has 1 aromatic heterocycles. The van der Waals surface area contributed by atoms with Crippen LogP contribution in [-0.2, 0) is 10.9 Å². The molecular weight excluding hydrogens is 386 g/mol. The molecule has 0 N–H and O–H groups in total. The van der Waals surface area contributed by atoms with Gasteiger partial charge in [0.05, 0.1) is 16.1 Å². The standard InChI is InChI=1S/C15H10Cl2F3NO2S/c16-10-3-1-2-9(6-10)14(22)23-4-5-24-13-12(15(18,19)20)7-11(17)8-21-13/h1-3,6-8H,4-5H2. The lowest BCUT2D eigenvalue weighted by molar-refractivity contribution is -0.140. The van der Waals surface area contributed by atoms with Gasteiger partial charge in [0.2, 0.25) is 0 Å². The van der Waals surface area contributed by atoms with Crippen molar-refractivity contribution in [3.8, 4) is 0 Å². The lowest BCUT2D eigenvalue weighted by Gasteiger charge is -2.11. The lowest BCUT2D eigenvalue weighted by Crippen LogP contribution is -2.10. The van der Waals surface area contributed by atoms with Gasteiger partial charge in [-0.25, -0.2) is 9.78 Å². The zero-order chi connectivity index (χ0) is 17.7. The molecule has 0 unspecified atom stereocenters. The highest BCUT2D eigenvalue weighted by Gasteiger charge is 2.34. The Labute approximate surface area is 150 Å². The van der Waals surface area contributed by atoms with Crippen LogP contribution in [0.15, 0.2) is 41.6 Å². The van der Waals surface area contributed by atoms with E-state index in [-0.39, 0.29) is 28.0 Å². The summed E-state index contributed by atoms with van der Waals surface area (Å²) in [6.45, 7) is -0.0718. The summed E-state index contributed by atoms with van der Waals surface area (Å²) in [5.41, 5.74) is -0.644. The van der Waals surface area contributed by atoms with Crippen LogP contribution >= 0.6 is 35.0 Å². The van der Waals surface area contributed by atoms with E-state index in [1.54, 1.807) is 12.1 Å². The first-order valence-electron chi connectivity index (χ1n) is 6.55. The normalized spacial score (nSPS) is 11.4. The van der Waals surface area contributed by atoms with Gasteiger partial charge in [-0.05, 0) is 24.3 Å². The largest absolute Gasteiger partial charge is 0.461 e. The van der Waals surface area contributed by atoms with E-state index in [1.165, 1.54) is 12.1 Å². The molecule has 9 heteroatoms. The predicted octanol–water partition coefficient (Wildman–Crippen LogP) is 5.36. The predicted molar refractivity (Wildman–Crippen MR) is 86.7 cm³/mol. The number of pyridine rings is 1. The maximum atomic E-state index is 12.9. The first-order valence-corrected chi connectivity index (χ1v) is 8.30. The number of aromatic nitrogens is 1. The second-order valence-electron chi connectivity index (χ2n) is 4.50. The molecule has 0 fully saturated rings. The number of halogens is 5. The van der Waals surface area contributed by atoms with Crippen LogP contribution < -0.4 is 0 Å². The third-order valence-corrected chi connectivity index (χ3v) is 4.15. The summed E-state index contributed by atoms with van der Waals surface area (Å²) in [6.07, 6.45) is -3.42. The SMILES string of the molecule is O=C(OCCSc1ncc(Cl)cc1C(F)(F)F)c1cccc(Cl)c1. The second-order valence-corrected chi connectivity index (χ2v) is 6.46. The molecule has 0 saturated carbocycles. The van der Waals surface area contributed by atoms with Crippen molar-refractivity contribution in [3.63, 3.8) is 0 Å². The number of alkyl halides is 3. The van der Waals surface area contributed by atoms with Gasteiger partial charge in [-0.15, -0.1) is 11.8 Å². The highest BCUT2D eigenvalue weighted by atomic mass is 35.5. The molecular formula is C15H10Cl2F3NO2S. The molecule has 0 aliphatic heterocycles. The molecule has 0 bridgehead atoms. The molecule has 2 rings (SSSR count). The van der Waals surface area contributed by atoms with Gasteiger partial charge >= 0.3 is 12.1 Å². The Morgan fingerprint density at radius 2 is 1.96 bits per heavy atom. The van der Waals surface area contributed by atoms with Gasteiger partial charge in [0.25, 0.3) is 0 Å². The molecule has 2 aromatic rings. The van der Waals surface area contributed by atoms with Gasteiger partial charge in [-0.3, -0.25) is 0 Å². The van der Waals surface area contributed by atoms with Crippen LogP contribution in [0.2, 0.25) is 10.0 Å². The minimum Gasteiger partial charge on any atom is -0.461 e. The van der Waals surface area contributed by atoms with Crippen LogP contribution in [-0.4, -0.2) is 23.3 Å². The molecule has 1 heterocycles. The number of carbonyl (C=O) groups excluding carboxylic acids is 1. The van der Waals surface area contributed by atoms with E-state index in [4.69, 9.17) is 27.9 Å². The summed E-state index contributed by atoms with van der Waals surface area (Å²) in [5.74, 6) is -0.484. The Morgan fingerprint density at radius 1 is 1.21 bits per heavy atom. The van der Waals surface area contributed by atoms with E-state index in [1.807, 2.05) is 0 Å². The maximum Gasteiger partial charge on any atom is 0.419 e. The van der Waals surface area contributed by atoms with Crippen LogP contribution in [0.4, 0.5) is 13.2 Å². The second kappa shape index (κ2) is 8.09. The molecule has 1 aromatic carbocycles. The van der Waals surface area contributed by atoms with E-state index < -0.39 is 17.7 Å². The third-order valence-electron chi connectivity index (χ3n) is 2.74. The fourth-order valence-corrected chi connectivity index (χ4v) is 2.88. The molecule has 0 saturated heterocycles. The van der Waals surface area contributed by atoms with E-state index in [0.717, 1.165) is 24.0 Å². The molecule has 128 valence electrons. The molecule has 0 spiro atoms. The van der Waals surface area contributed by atoms with Crippen molar-refractivity contribution in [2.24, 2.45) is 0 Å². The average Bonchev–Trinajstić information content (AvgIpc) is 2.51. The van der Waals surface area contributed by atoms with Gasteiger partial charge < -0.3 is 4.74 Å². The molecule has 24 heavy (non-hydrogen) atoms. The molecule has 3 nitrogen and oxygen atoms in total. The van der Waals surface area contributed by atoms with Gasteiger partial charge in [-0.1, -0.05) is 29.3 Å². The number of hydrogen-bond acceptors (Lipinski definition) is 4. The van der Waals surface area contributed by atoms with Crippen molar-refractivity contribution < 1.29 is 22.7 Å². The monoisotopic (exact) mass is 395 g/mol. The fourth-order valence-electron chi connectivity index (χ4n) is 1.72. The maximum absolute atomic E-state index is 12.9. The van der Waals surface area contributed by atoms with Gasteiger partial charge in [0.15, 0.2) is 0 Å². The summed E-state index contributed by atoms with van der Waals surface area (Å²) in [5, 5.41) is 0.0729. The van der Waals surface area contributed by atoms with Crippen molar-refractivity contribution in [2.75, 3.05) is 12.4 Å². The van der Waals surface area contributed by atoms with Crippen molar-refractivity contribution in [1.82, 2.24) is 4.98 Å². The van der Waals surface area contributed by atoms with E-state index in [0.29, 0.717) is 5.02 Å². The summed E-state index contributed by atoms with van der Waals surface area (Å²) in [6, 6.07) is 7.00. The Kier molecular flexibility index (Phi) is 6.37. The fraction of sp³-hybridized carbons (Fsp3) is 0.200. The highest BCUT2D eigenvalue weighted by Crippen LogP contribution is 2.36. The molecule has 0 amide bonds. The average molecular weight is 396 g/mol.